The van der Waals surface area contributed by atoms with Crippen LogP contribution in [0.2, 0.25) is 0 Å². The predicted octanol–water partition coefficient (Wildman–Crippen LogP) is 2.78. The summed E-state index contributed by atoms with van der Waals surface area (Å²) in [6.45, 7) is 6.70. The number of urea groups is 1. The van der Waals surface area contributed by atoms with Gasteiger partial charge in [0.2, 0.25) is 5.91 Å². The zero-order valence-electron chi connectivity index (χ0n) is 21.6. The number of benzene rings is 1. The molecule has 9 nitrogen and oxygen atoms in total. The lowest BCUT2D eigenvalue weighted by atomic mass is 9.83. The van der Waals surface area contributed by atoms with Crippen molar-refractivity contribution < 1.29 is 14.3 Å². The molecule has 3 atom stereocenters. The van der Waals surface area contributed by atoms with E-state index in [1.54, 1.807) is 19.2 Å². The summed E-state index contributed by atoms with van der Waals surface area (Å²) < 4.78 is 9.23. The first kappa shape index (κ1) is 24.9. The highest BCUT2D eigenvalue weighted by atomic mass is 16.5. The first-order valence-electron chi connectivity index (χ1n) is 13.0. The minimum atomic E-state index is -0.630. The Bertz CT molecular complexity index is 1360. The number of nitrogens with zero attached hydrogens (tertiary/aromatic N) is 3. The van der Waals surface area contributed by atoms with Gasteiger partial charge >= 0.3 is 6.03 Å². The van der Waals surface area contributed by atoms with Gasteiger partial charge in [-0.15, -0.1) is 0 Å². The van der Waals surface area contributed by atoms with Crippen LogP contribution in [0.3, 0.4) is 0 Å². The average molecular weight is 506 g/mol. The van der Waals surface area contributed by atoms with Crippen molar-refractivity contribution >= 4 is 22.8 Å². The van der Waals surface area contributed by atoms with Crippen LogP contribution >= 0.6 is 0 Å². The van der Waals surface area contributed by atoms with Gasteiger partial charge in [-0.05, 0) is 48.6 Å². The van der Waals surface area contributed by atoms with Gasteiger partial charge in [0.1, 0.15) is 11.8 Å². The van der Waals surface area contributed by atoms with Gasteiger partial charge in [0.15, 0.2) is 0 Å². The monoisotopic (exact) mass is 505 g/mol. The topological polar surface area (TPSA) is 97.6 Å². The number of nitrogens with one attached hydrogen (secondary N) is 2. The maximum atomic E-state index is 13.2. The Morgan fingerprint density at radius 1 is 1.11 bits per heavy atom. The van der Waals surface area contributed by atoms with Crippen LogP contribution in [0.1, 0.15) is 31.9 Å². The van der Waals surface area contributed by atoms with Gasteiger partial charge < -0.3 is 29.4 Å². The van der Waals surface area contributed by atoms with Crippen molar-refractivity contribution in [3.05, 3.63) is 64.7 Å². The molecule has 1 saturated heterocycles. The van der Waals surface area contributed by atoms with Gasteiger partial charge in [-0.25, -0.2) is 4.79 Å². The molecule has 9 heteroatoms. The Kier molecular flexibility index (Phi) is 6.95. The van der Waals surface area contributed by atoms with Gasteiger partial charge in [-0.3, -0.25) is 9.59 Å². The first-order chi connectivity index (χ1) is 17.8. The lowest BCUT2D eigenvalue weighted by Crippen LogP contribution is -2.57. The quantitative estimate of drug-likeness (QED) is 0.516. The number of rotatable bonds is 7. The molecule has 2 N–H and O–H groups in total. The summed E-state index contributed by atoms with van der Waals surface area (Å²) in [4.78, 5) is 40.4. The lowest BCUT2D eigenvalue weighted by molar-refractivity contribution is -0.124. The molecule has 3 aromatic rings. The van der Waals surface area contributed by atoms with E-state index < -0.39 is 6.04 Å². The van der Waals surface area contributed by atoms with E-state index in [-0.39, 0.29) is 35.3 Å². The Morgan fingerprint density at radius 3 is 2.73 bits per heavy atom. The number of methoxy groups -OCH3 is 1. The van der Waals surface area contributed by atoms with Gasteiger partial charge in [0, 0.05) is 67.5 Å². The Balaban J connectivity index is 1.18. The molecule has 0 aliphatic carbocycles. The molecule has 196 valence electrons. The molecule has 1 aromatic carbocycles. The van der Waals surface area contributed by atoms with Crippen LogP contribution in [0.25, 0.3) is 10.9 Å². The second kappa shape index (κ2) is 10.3. The van der Waals surface area contributed by atoms with Crippen LogP contribution in [-0.4, -0.2) is 58.8 Å². The highest BCUT2D eigenvalue weighted by molar-refractivity contribution is 5.87. The number of pyridine rings is 1. The third-order valence-corrected chi connectivity index (χ3v) is 7.63. The number of fused-ring (bicyclic) bond motifs is 5. The molecular formula is C28H35N5O4. The SMILES string of the molecule is COc1ccc2c(ccn2CCNC(=O)[C@@H](NC(=O)N2C[C@H]3C[C@@H](C2)c2cccc(=O)n2C3)C(C)C)c1. The molecule has 2 bridgehead atoms. The molecule has 2 aliphatic heterocycles. The lowest BCUT2D eigenvalue weighted by Gasteiger charge is -2.43. The predicted molar refractivity (Wildman–Crippen MR) is 142 cm³/mol. The molecule has 5 rings (SSSR count). The molecule has 0 saturated carbocycles. The Morgan fingerprint density at radius 2 is 1.95 bits per heavy atom. The summed E-state index contributed by atoms with van der Waals surface area (Å²) in [5.74, 6) is 0.933. The molecule has 2 aromatic heterocycles. The highest BCUT2D eigenvalue weighted by Gasteiger charge is 2.37. The fraction of sp³-hybridized carbons (Fsp3) is 0.464. The van der Waals surface area contributed by atoms with Gasteiger partial charge in [0.25, 0.3) is 5.56 Å². The third kappa shape index (κ3) is 5.08. The summed E-state index contributed by atoms with van der Waals surface area (Å²) >= 11 is 0. The highest BCUT2D eigenvalue weighted by Crippen LogP contribution is 2.35. The van der Waals surface area contributed by atoms with Crippen molar-refractivity contribution in [1.29, 1.82) is 0 Å². The van der Waals surface area contributed by atoms with E-state index in [9.17, 15) is 14.4 Å². The minimum Gasteiger partial charge on any atom is -0.497 e. The van der Waals surface area contributed by atoms with Crippen LogP contribution < -0.4 is 20.9 Å². The zero-order chi connectivity index (χ0) is 26.1. The fourth-order valence-electron chi connectivity index (χ4n) is 5.73. The van der Waals surface area contributed by atoms with E-state index in [1.165, 1.54) is 0 Å². The molecule has 2 aliphatic rings. The maximum absolute atomic E-state index is 13.2. The molecule has 0 radical (unpaired) electrons. The van der Waals surface area contributed by atoms with Crippen LogP contribution in [0, 0.1) is 11.8 Å². The number of amides is 3. The Labute approximate surface area is 216 Å². The van der Waals surface area contributed by atoms with Crippen LogP contribution in [0.5, 0.6) is 5.75 Å². The summed E-state index contributed by atoms with van der Waals surface area (Å²) in [7, 11) is 1.65. The number of hydrogen-bond donors (Lipinski definition) is 2. The second-order valence-corrected chi connectivity index (χ2v) is 10.5. The van der Waals surface area contributed by atoms with E-state index in [4.69, 9.17) is 4.74 Å². The average Bonchev–Trinajstić information content (AvgIpc) is 3.29. The molecule has 0 unspecified atom stereocenters. The number of likely N-dealkylation sites (tertiary alicyclic amines) is 1. The number of piperidine rings is 1. The second-order valence-electron chi connectivity index (χ2n) is 10.5. The van der Waals surface area contributed by atoms with Crippen LogP contribution in [-0.2, 0) is 17.9 Å². The smallest absolute Gasteiger partial charge is 0.318 e. The van der Waals surface area contributed by atoms with E-state index in [0.29, 0.717) is 32.7 Å². The van der Waals surface area contributed by atoms with Crippen molar-refractivity contribution in [1.82, 2.24) is 24.7 Å². The van der Waals surface area contributed by atoms with Crippen molar-refractivity contribution in [3.63, 3.8) is 0 Å². The van der Waals surface area contributed by atoms with E-state index in [1.807, 2.05) is 59.8 Å². The summed E-state index contributed by atoms with van der Waals surface area (Å²) in [5.41, 5.74) is 2.09. The van der Waals surface area contributed by atoms with Gasteiger partial charge in [-0.1, -0.05) is 19.9 Å². The summed E-state index contributed by atoms with van der Waals surface area (Å²) in [6, 6.07) is 12.5. The minimum absolute atomic E-state index is 0.0225. The molecule has 0 spiro atoms. The van der Waals surface area contributed by atoms with Crippen LogP contribution in [0.15, 0.2) is 53.5 Å². The van der Waals surface area contributed by atoms with Crippen molar-refractivity contribution in [2.45, 2.75) is 45.3 Å². The fourth-order valence-corrected chi connectivity index (χ4v) is 5.73. The zero-order valence-corrected chi connectivity index (χ0v) is 21.6. The van der Waals surface area contributed by atoms with Gasteiger partial charge in [0.05, 0.1) is 7.11 Å². The third-order valence-electron chi connectivity index (χ3n) is 7.63. The normalized spacial score (nSPS) is 19.4. The first-order valence-corrected chi connectivity index (χ1v) is 13.0. The number of hydrogen-bond acceptors (Lipinski definition) is 4. The number of carbonyl (C=O) groups is 2. The largest absolute Gasteiger partial charge is 0.497 e. The molecule has 1 fully saturated rings. The van der Waals surface area contributed by atoms with Crippen molar-refractivity contribution in [3.8, 4) is 5.75 Å². The van der Waals surface area contributed by atoms with E-state index >= 15 is 0 Å². The molecular weight excluding hydrogens is 470 g/mol. The van der Waals surface area contributed by atoms with E-state index in [2.05, 4.69) is 15.2 Å². The molecule has 37 heavy (non-hydrogen) atoms. The standard InChI is InChI=1S/C28H35N5O4/c1-18(2)26(27(35)29-10-12-31-11-9-20-14-22(37-3)7-8-23(20)31)30-28(36)32-15-19-13-21(17-32)24-5-4-6-25(34)33(24)16-19/h4-9,11,14,18-19,21,26H,10,12-13,15-17H2,1-3H3,(H,29,35)(H,30,36)/t19-,21+,26+/m1/s1. The number of carbonyl (C=O) groups excluding carboxylic acids is 2. The van der Waals surface area contributed by atoms with Gasteiger partial charge in [-0.2, -0.15) is 0 Å². The molecule has 3 amide bonds. The van der Waals surface area contributed by atoms with E-state index in [0.717, 1.165) is 28.8 Å². The number of aromatic nitrogens is 2. The Hall–Kier alpha value is -3.75. The maximum Gasteiger partial charge on any atom is 0.318 e. The van der Waals surface area contributed by atoms with Crippen LogP contribution in [0.4, 0.5) is 4.79 Å². The van der Waals surface area contributed by atoms with Crippen molar-refractivity contribution in [2.24, 2.45) is 11.8 Å². The summed E-state index contributed by atoms with van der Waals surface area (Å²) in [6.07, 6.45) is 2.97. The van der Waals surface area contributed by atoms with Crippen molar-refractivity contribution in [2.75, 3.05) is 26.7 Å². The number of ether oxygens (including phenoxy) is 1. The molecule has 4 heterocycles. The summed E-state index contributed by atoms with van der Waals surface area (Å²) in [5, 5.41) is 7.06.